The van der Waals surface area contributed by atoms with Crippen molar-refractivity contribution in [2.45, 2.75) is 27.2 Å². The third kappa shape index (κ3) is 3.57. The van der Waals surface area contributed by atoms with Gasteiger partial charge in [0.15, 0.2) is 5.13 Å². The molecule has 20 heavy (non-hydrogen) atoms. The van der Waals surface area contributed by atoms with Gasteiger partial charge in [-0.2, -0.15) is 0 Å². The summed E-state index contributed by atoms with van der Waals surface area (Å²) >= 11 is 1.48. The van der Waals surface area contributed by atoms with Gasteiger partial charge in [-0.15, -0.1) is 11.3 Å². The first-order chi connectivity index (χ1) is 9.60. The lowest BCUT2D eigenvalue weighted by Gasteiger charge is -2.09. The van der Waals surface area contributed by atoms with Crippen LogP contribution in [0.15, 0.2) is 24.4 Å². The van der Waals surface area contributed by atoms with E-state index in [-0.39, 0.29) is 5.91 Å². The van der Waals surface area contributed by atoms with Crippen LogP contribution in [-0.2, 0) is 0 Å². The highest BCUT2D eigenvalue weighted by atomic mass is 32.1. The Kier molecular flexibility index (Phi) is 4.74. The number of anilines is 2. The highest BCUT2D eigenvalue weighted by Gasteiger charge is 2.11. The first kappa shape index (κ1) is 14.5. The topological polar surface area (TPSA) is 54.0 Å². The molecular weight excluding hydrogens is 270 g/mol. The Morgan fingerprint density at radius 2 is 2.15 bits per heavy atom. The van der Waals surface area contributed by atoms with Gasteiger partial charge in [-0.3, -0.25) is 10.1 Å². The lowest BCUT2D eigenvalue weighted by atomic mass is 10.1. The molecule has 0 unspecified atom stereocenters. The summed E-state index contributed by atoms with van der Waals surface area (Å²) in [5.74, 6) is -0.112. The van der Waals surface area contributed by atoms with Crippen molar-refractivity contribution in [3.05, 3.63) is 40.4 Å². The zero-order valence-corrected chi connectivity index (χ0v) is 12.8. The Balaban J connectivity index is 2.09. The van der Waals surface area contributed by atoms with Crippen LogP contribution in [0.25, 0.3) is 0 Å². The molecule has 0 atom stereocenters. The number of carbonyl (C=O) groups excluding carboxylic acids is 1. The number of amides is 1. The minimum Gasteiger partial charge on any atom is -0.385 e. The van der Waals surface area contributed by atoms with Crippen molar-refractivity contribution < 1.29 is 4.79 Å². The normalized spacial score (nSPS) is 10.3. The van der Waals surface area contributed by atoms with Gasteiger partial charge in [-0.25, -0.2) is 4.98 Å². The largest absolute Gasteiger partial charge is 0.385 e. The second-order valence-electron chi connectivity index (χ2n) is 4.69. The van der Waals surface area contributed by atoms with Crippen LogP contribution in [0.1, 0.15) is 34.1 Å². The summed E-state index contributed by atoms with van der Waals surface area (Å²) in [5.41, 5.74) is 2.68. The molecule has 2 aromatic rings. The van der Waals surface area contributed by atoms with E-state index < -0.39 is 0 Å². The van der Waals surface area contributed by atoms with E-state index in [1.54, 1.807) is 6.20 Å². The minimum absolute atomic E-state index is 0.112. The van der Waals surface area contributed by atoms with Crippen LogP contribution >= 0.6 is 11.3 Å². The Morgan fingerprint density at radius 1 is 1.35 bits per heavy atom. The van der Waals surface area contributed by atoms with Gasteiger partial charge in [0.1, 0.15) is 0 Å². The lowest BCUT2D eigenvalue weighted by molar-refractivity contribution is 0.102. The molecular formula is C15H19N3OS. The smallest absolute Gasteiger partial charge is 0.257 e. The Bertz CT molecular complexity index is 607. The molecule has 0 aliphatic carbocycles. The number of thiazole rings is 1. The van der Waals surface area contributed by atoms with E-state index in [0.29, 0.717) is 10.7 Å². The first-order valence-electron chi connectivity index (χ1n) is 6.68. The molecule has 0 saturated carbocycles. The second-order valence-corrected chi connectivity index (χ2v) is 5.92. The van der Waals surface area contributed by atoms with Gasteiger partial charge in [0.05, 0.1) is 0 Å². The fourth-order valence-corrected chi connectivity index (χ4v) is 2.53. The van der Waals surface area contributed by atoms with Gasteiger partial charge in [0, 0.05) is 28.9 Å². The van der Waals surface area contributed by atoms with E-state index in [4.69, 9.17) is 0 Å². The van der Waals surface area contributed by atoms with E-state index >= 15 is 0 Å². The summed E-state index contributed by atoms with van der Waals surface area (Å²) in [4.78, 5) is 17.4. The molecule has 1 heterocycles. The Labute approximate surface area is 123 Å². The van der Waals surface area contributed by atoms with Crippen LogP contribution in [0.5, 0.6) is 0 Å². The molecule has 0 aliphatic heterocycles. The fourth-order valence-electron chi connectivity index (χ4n) is 1.87. The molecule has 0 radical (unpaired) electrons. The maximum absolute atomic E-state index is 12.2. The van der Waals surface area contributed by atoms with Crippen molar-refractivity contribution in [1.82, 2.24) is 4.98 Å². The van der Waals surface area contributed by atoms with Gasteiger partial charge < -0.3 is 5.32 Å². The summed E-state index contributed by atoms with van der Waals surface area (Å²) in [7, 11) is 0. The zero-order valence-electron chi connectivity index (χ0n) is 12.0. The van der Waals surface area contributed by atoms with Crippen LogP contribution < -0.4 is 10.6 Å². The van der Waals surface area contributed by atoms with Gasteiger partial charge in [0.25, 0.3) is 5.91 Å². The predicted octanol–water partition coefficient (Wildman–Crippen LogP) is 3.83. The molecule has 1 amide bonds. The van der Waals surface area contributed by atoms with E-state index in [0.717, 1.165) is 29.1 Å². The highest BCUT2D eigenvalue weighted by molar-refractivity contribution is 7.15. The van der Waals surface area contributed by atoms with Crippen LogP contribution in [0.4, 0.5) is 10.8 Å². The van der Waals surface area contributed by atoms with Crippen molar-refractivity contribution >= 4 is 28.1 Å². The van der Waals surface area contributed by atoms with Crippen molar-refractivity contribution in [2.75, 3.05) is 17.2 Å². The predicted molar refractivity (Wildman–Crippen MR) is 84.8 cm³/mol. The number of rotatable bonds is 5. The molecule has 2 N–H and O–H groups in total. The number of nitrogens with one attached hydrogen (secondary N) is 2. The van der Waals surface area contributed by atoms with Crippen LogP contribution in [0.3, 0.4) is 0 Å². The molecule has 106 valence electrons. The molecule has 0 saturated heterocycles. The van der Waals surface area contributed by atoms with E-state index in [1.807, 2.05) is 32.0 Å². The summed E-state index contributed by atoms with van der Waals surface area (Å²) in [5, 5.41) is 6.78. The number of aryl methyl sites for hydroxylation is 2. The monoisotopic (exact) mass is 289 g/mol. The molecule has 0 bridgehead atoms. The Morgan fingerprint density at radius 3 is 2.75 bits per heavy atom. The van der Waals surface area contributed by atoms with Crippen molar-refractivity contribution in [1.29, 1.82) is 0 Å². The Hall–Kier alpha value is -1.88. The average molecular weight is 289 g/mol. The third-order valence-electron chi connectivity index (χ3n) is 2.89. The van der Waals surface area contributed by atoms with E-state index in [2.05, 4.69) is 22.5 Å². The SMILES string of the molecule is CCCNc1ccc(C(=O)Nc2ncc(C)s2)c(C)c1. The average Bonchev–Trinajstić information content (AvgIpc) is 2.81. The number of carbonyl (C=O) groups is 1. The van der Waals surface area contributed by atoms with Crippen molar-refractivity contribution in [2.24, 2.45) is 0 Å². The second kappa shape index (κ2) is 6.52. The van der Waals surface area contributed by atoms with Crippen molar-refractivity contribution in [3.8, 4) is 0 Å². The maximum Gasteiger partial charge on any atom is 0.257 e. The zero-order chi connectivity index (χ0) is 14.5. The summed E-state index contributed by atoms with van der Waals surface area (Å²) in [6, 6.07) is 5.78. The number of aromatic nitrogens is 1. The summed E-state index contributed by atoms with van der Waals surface area (Å²) in [6.45, 7) is 6.97. The maximum atomic E-state index is 12.2. The molecule has 0 aliphatic rings. The molecule has 5 heteroatoms. The molecule has 4 nitrogen and oxygen atoms in total. The minimum atomic E-state index is -0.112. The standard InChI is InChI=1S/C15H19N3OS/c1-4-7-16-12-5-6-13(10(2)8-12)14(19)18-15-17-9-11(3)20-15/h5-6,8-9,16H,4,7H2,1-3H3,(H,17,18,19). The summed E-state index contributed by atoms with van der Waals surface area (Å²) < 4.78 is 0. The third-order valence-corrected chi connectivity index (χ3v) is 3.72. The van der Waals surface area contributed by atoms with Gasteiger partial charge >= 0.3 is 0 Å². The quantitative estimate of drug-likeness (QED) is 0.879. The van der Waals surface area contributed by atoms with E-state index in [1.165, 1.54) is 11.3 Å². The van der Waals surface area contributed by atoms with Gasteiger partial charge in [-0.1, -0.05) is 6.92 Å². The molecule has 2 rings (SSSR count). The molecule has 1 aromatic carbocycles. The lowest BCUT2D eigenvalue weighted by Crippen LogP contribution is -2.13. The van der Waals surface area contributed by atoms with Gasteiger partial charge in [-0.05, 0) is 44.0 Å². The van der Waals surface area contributed by atoms with Crippen LogP contribution in [-0.4, -0.2) is 17.4 Å². The summed E-state index contributed by atoms with van der Waals surface area (Å²) in [6.07, 6.45) is 2.83. The van der Waals surface area contributed by atoms with Crippen LogP contribution in [0.2, 0.25) is 0 Å². The van der Waals surface area contributed by atoms with Gasteiger partial charge in [0.2, 0.25) is 0 Å². The first-order valence-corrected chi connectivity index (χ1v) is 7.50. The fraction of sp³-hybridized carbons (Fsp3) is 0.333. The van der Waals surface area contributed by atoms with Crippen molar-refractivity contribution in [3.63, 3.8) is 0 Å². The number of benzene rings is 1. The molecule has 1 aromatic heterocycles. The molecule has 0 spiro atoms. The highest BCUT2D eigenvalue weighted by Crippen LogP contribution is 2.20. The number of hydrogen-bond donors (Lipinski definition) is 2. The number of nitrogens with zero attached hydrogens (tertiary/aromatic N) is 1. The van der Waals surface area contributed by atoms with E-state index in [9.17, 15) is 4.79 Å². The number of hydrogen-bond acceptors (Lipinski definition) is 4. The van der Waals surface area contributed by atoms with Crippen LogP contribution in [0, 0.1) is 13.8 Å². The molecule has 0 fully saturated rings.